The first kappa shape index (κ1) is 17.2. The standard InChI is InChI=1S/C21H17N3O2/c1-15-7-9-17(10-8-15)20-19(11-18(12-22)21(25)26)14-24(23-20)13-16-5-3-2-4-6-16/h2-11,14H,13H2,1H3,(H,25,26)/b18-11+. The van der Waals surface area contributed by atoms with E-state index in [0.717, 1.165) is 16.7 Å². The molecular formula is C21H17N3O2. The number of nitrogens with zero attached hydrogens (tertiary/aromatic N) is 3. The highest BCUT2D eigenvalue weighted by molar-refractivity contribution is 5.97. The number of rotatable bonds is 5. The fourth-order valence-corrected chi connectivity index (χ4v) is 2.63. The van der Waals surface area contributed by atoms with Gasteiger partial charge in [0.25, 0.3) is 0 Å². The number of hydrogen-bond donors (Lipinski definition) is 1. The van der Waals surface area contributed by atoms with Crippen molar-refractivity contribution in [1.82, 2.24) is 9.78 Å². The second-order valence-corrected chi connectivity index (χ2v) is 5.96. The molecule has 2 aromatic carbocycles. The van der Waals surface area contributed by atoms with Gasteiger partial charge < -0.3 is 5.11 Å². The van der Waals surface area contributed by atoms with Crippen LogP contribution in [-0.4, -0.2) is 20.9 Å². The van der Waals surface area contributed by atoms with Crippen molar-refractivity contribution in [3.63, 3.8) is 0 Å². The van der Waals surface area contributed by atoms with Gasteiger partial charge in [-0.1, -0.05) is 60.2 Å². The van der Waals surface area contributed by atoms with Crippen molar-refractivity contribution in [2.24, 2.45) is 0 Å². The summed E-state index contributed by atoms with van der Waals surface area (Å²) < 4.78 is 1.76. The normalized spacial score (nSPS) is 11.2. The van der Waals surface area contributed by atoms with Crippen LogP contribution < -0.4 is 0 Å². The highest BCUT2D eigenvalue weighted by atomic mass is 16.4. The van der Waals surface area contributed by atoms with Crippen LogP contribution in [0.15, 0.2) is 66.4 Å². The average Bonchev–Trinajstić information content (AvgIpc) is 3.03. The summed E-state index contributed by atoms with van der Waals surface area (Å²) in [7, 11) is 0. The monoisotopic (exact) mass is 343 g/mol. The molecular weight excluding hydrogens is 326 g/mol. The largest absolute Gasteiger partial charge is 0.477 e. The minimum atomic E-state index is -1.25. The maximum Gasteiger partial charge on any atom is 0.346 e. The van der Waals surface area contributed by atoms with Crippen LogP contribution >= 0.6 is 0 Å². The molecule has 0 aliphatic heterocycles. The summed E-state index contributed by atoms with van der Waals surface area (Å²) in [6.45, 7) is 2.55. The molecule has 128 valence electrons. The number of benzene rings is 2. The number of carboxylic acids is 1. The fourth-order valence-electron chi connectivity index (χ4n) is 2.63. The van der Waals surface area contributed by atoms with E-state index in [1.54, 1.807) is 16.9 Å². The molecule has 0 bridgehead atoms. The number of aryl methyl sites for hydroxylation is 1. The molecule has 0 atom stereocenters. The number of aliphatic carboxylic acids is 1. The van der Waals surface area contributed by atoms with Gasteiger partial charge in [0.2, 0.25) is 0 Å². The predicted molar refractivity (Wildman–Crippen MR) is 99.2 cm³/mol. The molecule has 0 aliphatic carbocycles. The molecule has 0 spiro atoms. The molecule has 1 heterocycles. The van der Waals surface area contributed by atoms with Crippen molar-refractivity contribution in [2.75, 3.05) is 0 Å². The van der Waals surface area contributed by atoms with E-state index in [2.05, 4.69) is 5.10 Å². The van der Waals surface area contributed by atoms with Crippen LogP contribution in [0.2, 0.25) is 0 Å². The van der Waals surface area contributed by atoms with Gasteiger partial charge in [0.1, 0.15) is 11.6 Å². The minimum Gasteiger partial charge on any atom is -0.477 e. The van der Waals surface area contributed by atoms with Gasteiger partial charge in [-0.05, 0) is 18.6 Å². The lowest BCUT2D eigenvalue weighted by Gasteiger charge is -2.02. The van der Waals surface area contributed by atoms with Gasteiger partial charge in [-0.2, -0.15) is 10.4 Å². The summed E-state index contributed by atoms with van der Waals surface area (Å²) in [4.78, 5) is 11.2. The lowest BCUT2D eigenvalue weighted by molar-refractivity contribution is -0.132. The number of nitriles is 1. The average molecular weight is 343 g/mol. The predicted octanol–water partition coefficient (Wildman–Crippen LogP) is 3.90. The number of carboxylic acid groups (broad SMARTS) is 1. The van der Waals surface area contributed by atoms with Crippen LogP contribution in [0.5, 0.6) is 0 Å². The Morgan fingerprint density at radius 1 is 1.19 bits per heavy atom. The van der Waals surface area contributed by atoms with E-state index >= 15 is 0 Å². The van der Waals surface area contributed by atoms with Gasteiger partial charge in [0, 0.05) is 17.3 Å². The van der Waals surface area contributed by atoms with Gasteiger partial charge in [-0.15, -0.1) is 0 Å². The third kappa shape index (κ3) is 3.87. The van der Waals surface area contributed by atoms with Crippen molar-refractivity contribution >= 4 is 12.0 Å². The van der Waals surface area contributed by atoms with Crippen molar-refractivity contribution in [1.29, 1.82) is 5.26 Å². The molecule has 3 aromatic rings. The zero-order chi connectivity index (χ0) is 18.5. The Bertz CT molecular complexity index is 994. The molecule has 0 radical (unpaired) electrons. The molecule has 5 heteroatoms. The van der Waals surface area contributed by atoms with Gasteiger partial charge in [0.05, 0.1) is 12.2 Å². The molecule has 5 nitrogen and oxygen atoms in total. The Labute approximate surface area is 151 Å². The first-order valence-corrected chi connectivity index (χ1v) is 8.10. The van der Waals surface area contributed by atoms with E-state index in [1.165, 1.54) is 6.08 Å². The van der Waals surface area contributed by atoms with Crippen LogP contribution in [0.4, 0.5) is 0 Å². The van der Waals surface area contributed by atoms with Crippen LogP contribution in [0.3, 0.4) is 0 Å². The van der Waals surface area contributed by atoms with Crippen molar-refractivity contribution < 1.29 is 9.90 Å². The van der Waals surface area contributed by atoms with Crippen LogP contribution in [0.25, 0.3) is 17.3 Å². The topological polar surface area (TPSA) is 78.9 Å². The lowest BCUT2D eigenvalue weighted by atomic mass is 10.0. The molecule has 26 heavy (non-hydrogen) atoms. The molecule has 0 unspecified atom stereocenters. The first-order chi connectivity index (χ1) is 12.6. The SMILES string of the molecule is Cc1ccc(-c2nn(Cc3ccccc3)cc2/C=C(\C#N)C(=O)O)cc1. The van der Waals surface area contributed by atoms with Gasteiger partial charge in [-0.3, -0.25) is 4.68 Å². The lowest BCUT2D eigenvalue weighted by Crippen LogP contribution is -2.00. The molecule has 0 saturated carbocycles. The van der Waals surface area contributed by atoms with E-state index in [0.29, 0.717) is 17.8 Å². The van der Waals surface area contributed by atoms with Crippen molar-refractivity contribution in [2.45, 2.75) is 13.5 Å². The second-order valence-electron chi connectivity index (χ2n) is 5.96. The van der Waals surface area contributed by atoms with E-state index < -0.39 is 5.97 Å². The Morgan fingerprint density at radius 3 is 2.50 bits per heavy atom. The highest BCUT2D eigenvalue weighted by Crippen LogP contribution is 2.25. The smallest absolute Gasteiger partial charge is 0.346 e. The zero-order valence-corrected chi connectivity index (χ0v) is 14.3. The second kappa shape index (κ2) is 7.49. The molecule has 0 saturated heterocycles. The summed E-state index contributed by atoms with van der Waals surface area (Å²) in [6, 6.07) is 19.4. The quantitative estimate of drug-likeness (QED) is 0.563. The van der Waals surface area contributed by atoms with E-state index in [9.17, 15) is 4.79 Å². The summed E-state index contributed by atoms with van der Waals surface area (Å²) >= 11 is 0. The third-order valence-corrected chi connectivity index (χ3v) is 3.95. The first-order valence-electron chi connectivity index (χ1n) is 8.10. The summed E-state index contributed by atoms with van der Waals surface area (Å²) in [5.41, 5.74) is 4.00. The highest BCUT2D eigenvalue weighted by Gasteiger charge is 2.13. The molecule has 1 aromatic heterocycles. The Balaban J connectivity index is 2.07. The number of hydrogen-bond acceptors (Lipinski definition) is 3. The Hall–Kier alpha value is -3.65. The van der Waals surface area contributed by atoms with E-state index in [-0.39, 0.29) is 5.57 Å². The minimum absolute atomic E-state index is 0.322. The van der Waals surface area contributed by atoms with Crippen molar-refractivity contribution in [3.05, 3.63) is 83.1 Å². The summed E-state index contributed by atoms with van der Waals surface area (Å²) in [5.74, 6) is -1.25. The van der Waals surface area contributed by atoms with Crippen molar-refractivity contribution in [3.8, 4) is 17.3 Å². The molecule has 3 rings (SSSR count). The number of aromatic nitrogens is 2. The Morgan fingerprint density at radius 2 is 1.88 bits per heavy atom. The van der Waals surface area contributed by atoms with Gasteiger partial charge in [0.15, 0.2) is 0 Å². The summed E-state index contributed by atoms with van der Waals surface area (Å²) in [5, 5.41) is 22.8. The maximum atomic E-state index is 11.2. The van der Waals surface area contributed by atoms with Gasteiger partial charge in [-0.25, -0.2) is 4.79 Å². The van der Waals surface area contributed by atoms with Crippen LogP contribution in [0, 0.1) is 18.3 Å². The molecule has 0 amide bonds. The van der Waals surface area contributed by atoms with Crippen LogP contribution in [0.1, 0.15) is 16.7 Å². The molecule has 0 fully saturated rings. The summed E-state index contributed by atoms with van der Waals surface area (Å²) in [6.07, 6.45) is 3.13. The molecule has 0 aliphatic rings. The zero-order valence-electron chi connectivity index (χ0n) is 14.3. The van der Waals surface area contributed by atoms with Gasteiger partial charge >= 0.3 is 5.97 Å². The van der Waals surface area contributed by atoms with E-state index in [4.69, 9.17) is 10.4 Å². The third-order valence-electron chi connectivity index (χ3n) is 3.95. The molecule has 1 N–H and O–H groups in total. The fraction of sp³-hybridized carbons (Fsp3) is 0.0952. The maximum absolute atomic E-state index is 11.2. The van der Waals surface area contributed by atoms with E-state index in [1.807, 2.05) is 61.5 Å². The Kier molecular flexibility index (Phi) is 4.95. The number of carbonyl (C=O) groups is 1. The van der Waals surface area contributed by atoms with Crippen LogP contribution in [-0.2, 0) is 11.3 Å².